The molecule has 1 aromatic carbocycles. The van der Waals surface area contributed by atoms with E-state index in [2.05, 4.69) is 21.5 Å². The van der Waals surface area contributed by atoms with Gasteiger partial charge in [0.1, 0.15) is 5.75 Å². The minimum absolute atomic E-state index is 0.175. The van der Waals surface area contributed by atoms with Crippen molar-refractivity contribution in [3.8, 4) is 17.0 Å². The lowest BCUT2D eigenvalue weighted by Gasteiger charge is -2.01. The number of thiazole rings is 1. The van der Waals surface area contributed by atoms with Gasteiger partial charge in [0.2, 0.25) is 5.76 Å². The summed E-state index contributed by atoms with van der Waals surface area (Å²) in [5.41, 5.74) is 3.70. The number of fused-ring (bicyclic) bond motifs is 1. The van der Waals surface area contributed by atoms with Gasteiger partial charge in [0.25, 0.3) is 5.91 Å². The Morgan fingerprint density at radius 2 is 2.26 bits per heavy atom. The molecule has 1 N–H and O–H groups in total. The van der Waals surface area contributed by atoms with Crippen LogP contribution in [-0.4, -0.2) is 22.7 Å². The molecule has 23 heavy (non-hydrogen) atoms. The Morgan fingerprint density at radius 1 is 1.35 bits per heavy atom. The number of aromatic nitrogens is 2. The number of hydrogen-bond donors (Lipinski definition) is 1. The first-order valence-electron chi connectivity index (χ1n) is 7.15. The first kappa shape index (κ1) is 14.0. The second-order valence-electron chi connectivity index (χ2n) is 5.25. The maximum absolute atomic E-state index is 12.0. The van der Waals surface area contributed by atoms with E-state index in [0.29, 0.717) is 10.8 Å². The smallest absolute Gasteiger partial charge is 0.296 e. The van der Waals surface area contributed by atoms with Crippen LogP contribution in [0.15, 0.2) is 34.2 Å². The lowest BCUT2D eigenvalue weighted by atomic mass is 10.1. The highest BCUT2D eigenvalue weighted by Crippen LogP contribution is 2.32. The Hall–Kier alpha value is -2.67. The van der Waals surface area contributed by atoms with Gasteiger partial charge in [-0.2, -0.15) is 0 Å². The highest BCUT2D eigenvalue weighted by Gasteiger charge is 2.16. The maximum atomic E-state index is 12.0. The molecule has 0 radical (unpaired) electrons. The van der Waals surface area contributed by atoms with Crippen molar-refractivity contribution in [3.05, 3.63) is 46.7 Å². The van der Waals surface area contributed by atoms with Crippen molar-refractivity contribution in [1.82, 2.24) is 10.1 Å². The van der Waals surface area contributed by atoms with E-state index in [-0.39, 0.29) is 11.7 Å². The van der Waals surface area contributed by atoms with Crippen molar-refractivity contribution in [1.29, 1.82) is 0 Å². The van der Waals surface area contributed by atoms with Crippen LogP contribution in [0.1, 0.15) is 21.8 Å². The zero-order chi connectivity index (χ0) is 15.8. The highest BCUT2D eigenvalue weighted by molar-refractivity contribution is 7.14. The van der Waals surface area contributed by atoms with Crippen LogP contribution in [0.2, 0.25) is 0 Å². The average Bonchev–Trinajstić information content (AvgIpc) is 3.26. The summed E-state index contributed by atoms with van der Waals surface area (Å²) in [5, 5.41) is 8.86. The topological polar surface area (TPSA) is 77.2 Å². The lowest BCUT2D eigenvalue weighted by molar-refractivity contribution is 0.0988. The third-order valence-corrected chi connectivity index (χ3v) is 4.32. The van der Waals surface area contributed by atoms with Crippen molar-refractivity contribution in [2.45, 2.75) is 13.3 Å². The molecular formula is C16H13N3O3S. The third kappa shape index (κ3) is 2.70. The predicted octanol–water partition coefficient (Wildman–Crippen LogP) is 3.29. The number of anilines is 1. The molecule has 0 saturated heterocycles. The van der Waals surface area contributed by atoms with Crippen molar-refractivity contribution in [2.24, 2.45) is 0 Å². The summed E-state index contributed by atoms with van der Waals surface area (Å²) in [5.74, 6) is 0.765. The van der Waals surface area contributed by atoms with Gasteiger partial charge in [-0.05, 0) is 30.7 Å². The van der Waals surface area contributed by atoms with E-state index in [0.717, 1.165) is 30.0 Å². The number of ether oxygens (including phenoxy) is 1. The van der Waals surface area contributed by atoms with Gasteiger partial charge in [-0.25, -0.2) is 4.98 Å². The molecule has 0 unspecified atom stereocenters. The molecule has 0 spiro atoms. The Balaban J connectivity index is 1.54. The van der Waals surface area contributed by atoms with E-state index in [4.69, 9.17) is 9.26 Å². The molecule has 1 aliphatic heterocycles. The number of nitrogens with zero attached hydrogens (tertiary/aromatic N) is 2. The number of nitrogens with one attached hydrogen (secondary N) is 1. The average molecular weight is 327 g/mol. The first-order valence-corrected chi connectivity index (χ1v) is 8.03. The summed E-state index contributed by atoms with van der Waals surface area (Å²) in [6.45, 7) is 2.49. The number of carbonyl (C=O) groups excluding carboxylic acids is 1. The summed E-state index contributed by atoms with van der Waals surface area (Å²) in [6.07, 6.45) is 0.918. The molecule has 0 saturated carbocycles. The van der Waals surface area contributed by atoms with Crippen LogP contribution in [0.5, 0.6) is 5.75 Å². The number of hydrogen-bond acceptors (Lipinski definition) is 6. The fourth-order valence-corrected chi connectivity index (χ4v) is 3.15. The molecule has 4 rings (SSSR count). The molecule has 0 atom stereocenters. The number of benzene rings is 1. The summed E-state index contributed by atoms with van der Waals surface area (Å²) in [4.78, 5) is 16.5. The van der Waals surface area contributed by atoms with Gasteiger partial charge in [-0.1, -0.05) is 5.16 Å². The molecule has 6 nitrogen and oxygen atoms in total. The van der Waals surface area contributed by atoms with E-state index >= 15 is 0 Å². The summed E-state index contributed by atoms with van der Waals surface area (Å²) >= 11 is 1.37. The Labute approximate surface area is 136 Å². The number of amides is 1. The summed E-state index contributed by atoms with van der Waals surface area (Å²) in [6, 6.07) is 7.62. The molecule has 3 aromatic rings. The molecule has 116 valence electrons. The van der Waals surface area contributed by atoms with Crippen molar-refractivity contribution >= 4 is 22.4 Å². The zero-order valence-corrected chi connectivity index (χ0v) is 13.1. The second kappa shape index (κ2) is 5.51. The van der Waals surface area contributed by atoms with Crippen LogP contribution in [0.3, 0.4) is 0 Å². The van der Waals surface area contributed by atoms with E-state index < -0.39 is 0 Å². The minimum atomic E-state index is -0.353. The maximum Gasteiger partial charge on any atom is 0.296 e. The van der Waals surface area contributed by atoms with Gasteiger partial charge >= 0.3 is 0 Å². The quantitative estimate of drug-likeness (QED) is 0.798. The largest absolute Gasteiger partial charge is 0.493 e. The Morgan fingerprint density at radius 3 is 3.09 bits per heavy atom. The van der Waals surface area contributed by atoms with E-state index in [9.17, 15) is 4.79 Å². The van der Waals surface area contributed by atoms with Gasteiger partial charge in [0, 0.05) is 23.4 Å². The minimum Gasteiger partial charge on any atom is -0.493 e. The van der Waals surface area contributed by atoms with Crippen LogP contribution in [0.25, 0.3) is 11.3 Å². The molecule has 0 fully saturated rings. The van der Waals surface area contributed by atoms with Gasteiger partial charge < -0.3 is 9.26 Å². The Bertz CT molecular complexity index is 884. The van der Waals surface area contributed by atoms with Gasteiger partial charge in [-0.15, -0.1) is 11.3 Å². The molecular weight excluding hydrogens is 314 g/mol. The molecule has 0 bridgehead atoms. The van der Waals surface area contributed by atoms with Gasteiger partial charge in [-0.3, -0.25) is 10.1 Å². The molecule has 1 amide bonds. The zero-order valence-electron chi connectivity index (χ0n) is 12.3. The third-order valence-electron chi connectivity index (χ3n) is 3.56. The molecule has 7 heteroatoms. The normalized spacial score (nSPS) is 12.7. The van der Waals surface area contributed by atoms with E-state index in [1.54, 1.807) is 13.0 Å². The van der Waals surface area contributed by atoms with Crippen molar-refractivity contribution < 1.29 is 14.1 Å². The first-order chi connectivity index (χ1) is 11.2. The van der Waals surface area contributed by atoms with Crippen LogP contribution in [0, 0.1) is 6.92 Å². The molecule has 0 aliphatic carbocycles. The monoisotopic (exact) mass is 327 g/mol. The molecule has 1 aliphatic rings. The SMILES string of the molecule is Cc1cc(C(=O)Nc2nc(-c3ccc4c(c3)CCO4)cs2)on1. The fraction of sp³-hybridized carbons (Fsp3) is 0.188. The summed E-state index contributed by atoms with van der Waals surface area (Å²) < 4.78 is 10.4. The fourth-order valence-electron chi connectivity index (χ4n) is 2.44. The van der Waals surface area contributed by atoms with E-state index in [1.807, 2.05) is 17.5 Å². The number of carbonyl (C=O) groups is 1. The molecule has 2 aromatic heterocycles. The van der Waals surface area contributed by atoms with Crippen LogP contribution < -0.4 is 10.1 Å². The van der Waals surface area contributed by atoms with Crippen molar-refractivity contribution in [3.63, 3.8) is 0 Å². The second-order valence-corrected chi connectivity index (χ2v) is 6.10. The van der Waals surface area contributed by atoms with Gasteiger partial charge in [0.15, 0.2) is 5.13 Å². The Kier molecular flexibility index (Phi) is 3.34. The van der Waals surface area contributed by atoms with E-state index in [1.165, 1.54) is 16.9 Å². The van der Waals surface area contributed by atoms with Crippen LogP contribution >= 0.6 is 11.3 Å². The number of rotatable bonds is 3. The predicted molar refractivity (Wildman–Crippen MR) is 85.9 cm³/mol. The van der Waals surface area contributed by atoms with Crippen molar-refractivity contribution in [2.75, 3.05) is 11.9 Å². The standard InChI is InChI=1S/C16H13N3O3S/c1-9-6-14(22-19-9)15(20)18-16-17-12(8-23-16)10-2-3-13-11(7-10)4-5-21-13/h2-3,6-8H,4-5H2,1H3,(H,17,18,20). The van der Waals surface area contributed by atoms with Gasteiger partial charge in [0.05, 0.1) is 18.0 Å². The van der Waals surface area contributed by atoms with Crippen LogP contribution in [-0.2, 0) is 6.42 Å². The lowest BCUT2D eigenvalue weighted by Crippen LogP contribution is -2.10. The summed E-state index contributed by atoms with van der Waals surface area (Å²) in [7, 11) is 0. The highest BCUT2D eigenvalue weighted by atomic mass is 32.1. The number of aryl methyl sites for hydroxylation is 1. The van der Waals surface area contributed by atoms with Crippen LogP contribution in [0.4, 0.5) is 5.13 Å². The molecule has 3 heterocycles.